The highest BCUT2D eigenvalue weighted by atomic mass is 16.3. The van der Waals surface area contributed by atoms with Crippen LogP contribution in [0.15, 0.2) is 30.3 Å². The molecule has 2 saturated heterocycles. The summed E-state index contributed by atoms with van der Waals surface area (Å²) in [6.45, 7) is 5.57. The molecule has 2 N–H and O–H groups in total. The highest BCUT2D eigenvalue weighted by Gasteiger charge is 2.16. The van der Waals surface area contributed by atoms with Gasteiger partial charge in [-0.1, -0.05) is 30.3 Å². The van der Waals surface area contributed by atoms with Gasteiger partial charge in [0, 0.05) is 6.54 Å². The van der Waals surface area contributed by atoms with Crippen molar-refractivity contribution in [2.45, 2.75) is 31.8 Å². The average molecular weight is 262 g/mol. The maximum atomic E-state index is 9.94. The average Bonchev–Trinajstić information content (AvgIpc) is 3.15. The topological polar surface area (TPSA) is 35.5 Å². The van der Waals surface area contributed by atoms with E-state index in [1.807, 2.05) is 30.3 Å². The Morgan fingerprint density at radius 1 is 1.00 bits per heavy atom. The van der Waals surface area contributed by atoms with Gasteiger partial charge in [0.1, 0.15) is 0 Å². The largest absolute Gasteiger partial charge is 0.387 e. The smallest absolute Gasteiger partial charge is 0.0916 e. The Morgan fingerprint density at radius 3 is 2.16 bits per heavy atom. The van der Waals surface area contributed by atoms with E-state index in [4.69, 9.17) is 0 Å². The maximum absolute atomic E-state index is 9.94. The lowest BCUT2D eigenvalue weighted by Gasteiger charge is -2.19. The Kier molecular flexibility index (Phi) is 6.34. The molecule has 19 heavy (non-hydrogen) atoms. The van der Waals surface area contributed by atoms with E-state index in [9.17, 15) is 5.11 Å². The van der Waals surface area contributed by atoms with Gasteiger partial charge in [-0.05, 0) is 57.4 Å². The lowest BCUT2D eigenvalue weighted by Crippen LogP contribution is -2.25. The van der Waals surface area contributed by atoms with E-state index < -0.39 is 0 Å². The fourth-order valence-corrected chi connectivity index (χ4v) is 2.62. The standard InChI is InChI=1S/C12H17NO.C4H9N/c14-12(10-13-8-4-5-9-13)11-6-2-1-3-7-11;1-2-4-5-3-1/h1-3,6-7,12,14H,4-5,8-10H2;5H,1-4H2. The van der Waals surface area contributed by atoms with Crippen LogP contribution in [0.4, 0.5) is 0 Å². The lowest BCUT2D eigenvalue weighted by molar-refractivity contribution is 0.126. The third kappa shape index (κ3) is 5.31. The fraction of sp³-hybridized carbons (Fsp3) is 0.625. The molecule has 0 bridgehead atoms. The molecule has 1 atom stereocenters. The van der Waals surface area contributed by atoms with E-state index in [0.717, 1.165) is 25.2 Å². The summed E-state index contributed by atoms with van der Waals surface area (Å²) in [7, 11) is 0. The van der Waals surface area contributed by atoms with Crippen molar-refractivity contribution < 1.29 is 5.11 Å². The minimum absolute atomic E-state index is 0.325. The second-order valence-corrected chi connectivity index (χ2v) is 5.39. The first-order chi connectivity index (χ1) is 9.36. The molecule has 1 aromatic carbocycles. The predicted octanol–water partition coefficient (Wildman–Crippen LogP) is 2.19. The van der Waals surface area contributed by atoms with Gasteiger partial charge in [-0.2, -0.15) is 0 Å². The quantitative estimate of drug-likeness (QED) is 0.876. The highest BCUT2D eigenvalue weighted by Crippen LogP contribution is 2.16. The van der Waals surface area contributed by atoms with Crippen LogP contribution in [0.25, 0.3) is 0 Å². The molecular formula is C16H26N2O. The third-order valence-electron chi connectivity index (χ3n) is 3.77. The molecule has 2 heterocycles. The van der Waals surface area contributed by atoms with E-state index in [-0.39, 0.29) is 6.10 Å². The summed E-state index contributed by atoms with van der Waals surface area (Å²) in [6, 6.07) is 9.90. The van der Waals surface area contributed by atoms with Crippen molar-refractivity contribution in [3.05, 3.63) is 35.9 Å². The van der Waals surface area contributed by atoms with Crippen molar-refractivity contribution in [3.63, 3.8) is 0 Å². The zero-order valence-corrected chi connectivity index (χ0v) is 11.7. The SMILES string of the molecule is C1CCNC1.OC(CN1CCCC1)c1ccccc1. The Morgan fingerprint density at radius 2 is 1.63 bits per heavy atom. The molecule has 2 aliphatic heterocycles. The Labute approximate surface area is 116 Å². The molecule has 2 fully saturated rings. The van der Waals surface area contributed by atoms with Crippen LogP contribution in [0.1, 0.15) is 37.4 Å². The molecule has 106 valence electrons. The molecule has 3 nitrogen and oxygen atoms in total. The monoisotopic (exact) mass is 262 g/mol. The zero-order chi connectivity index (χ0) is 13.3. The van der Waals surface area contributed by atoms with E-state index in [0.29, 0.717) is 0 Å². The van der Waals surface area contributed by atoms with Crippen LogP contribution in [0.2, 0.25) is 0 Å². The number of benzene rings is 1. The van der Waals surface area contributed by atoms with Gasteiger partial charge in [-0.3, -0.25) is 0 Å². The van der Waals surface area contributed by atoms with Crippen LogP contribution in [0.3, 0.4) is 0 Å². The van der Waals surface area contributed by atoms with Gasteiger partial charge in [0.2, 0.25) is 0 Å². The maximum Gasteiger partial charge on any atom is 0.0916 e. The van der Waals surface area contributed by atoms with E-state index in [1.54, 1.807) is 0 Å². The summed E-state index contributed by atoms with van der Waals surface area (Å²) >= 11 is 0. The molecule has 0 aromatic heterocycles. The number of nitrogens with one attached hydrogen (secondary N) is 1. The zero-order valence-electron chi connectivity index (χ0n) is 11.7. The van der Waals surface area contributed by atoms with Gasteiger partial charge < -0.3 is 15.3 Å². The molecule has 1 unspecified atom stereocenters. The van der Waals surface area contributed by atoms with Crippen LogP contribution in [0, 0.1) is 0 Å². The van der Waals surface area contributed by atoms with Crippen LogP contribution in [-0.2, 0) is 0 Å². The molecular weight excluding hydrogens is 236 g/mol. The first-order valence-electron chi connectivity index (χ1n) is 7.52. The summed E-state index contributed by atoms with van der Waals surface area (Å²) in [4.78, 5) is 2.33. The van der Waals surface area contributed by atoms with Crippen LogP contribution in [0.5, 0.6) is 0 Å². The second kappa shape index (κ2) is 8.31. The van der Waals surface area contributed by atoms with Gasteiger partial charge in [-0.15, -0.1) is 0 Å². The van der Waals surface area contributed by atoms with Gasteiger partial charge >= 0.3 is 0 Å². The molecule has 1 aromatic rings. The van der Waals surface area contributed by atoms with Crippen molar-refractivity contribution in [1.29, 1.82) is 0 Å². The molecule has 3 heteroatoms. The molecule has 0 radical (unpaired) electrons. The summed E-state index contributed by atoms with van der Waals surface area (Å²) in [5.41, 5.74) is 1.03. The number of nitrogens with zero attached hydrogens (tertiary/aromatic N) is 1. The van der Waals surface area contributed by atoms with E-state index in [2.05, 4.69) is 10.2 Å². The first-order valence-corrected chi connectivity index (χ1v) is 7.52. The minimum Gasteiger partial charge on any atom is -0.387 e. The molecule has 3 rings (SSSR count). The normalized spacial score (nSPS) is 20.9. The number of aliphatic hydroxyl groups excluding tert-OH is 1. The number of hydrogen-bond donors (Lipinski definition) is 2. The summed E-state index contributed by atoms with van der Waals surface area (Å²) in [6.07, 6.45) is 5.01. The number of β-amino-alcohol motifs (C(OH)–C–C–N with tert-alkyl or cyclic N) is 1. The lowest BCUT2D eigenvalue weighted by atomic mass is 10.1. The van der Waals surface area contributed by atoms with Crippen molar-refractivity contribution in [2.75, 3.05) is 32.7 Å². The summed E-state index contributed by atoms with van der Waals surface area (Å²) in [5.74, 6) is 0. The minimum atomic E-state index is -0.325. The molecule has 2 aliphatic rings. The van der Waals surface area contributed by atoms with E-state index >= 15 is 0 Å². The fourth-order valence-electron chi connectivity index (χ4n) is 2.62. The predicted molar refractivity (Wildman–Crippen MR) is 79.2 cm³/mol. The van der Waals surface area contributed by atoms with Crippen LogP contribution in [-0.4, -0.2) is 42.7 Å². The Balaban J connectivity index is 0.000000224. The Hall–Kier alpha value is -0.900. The van der Waals surface area contributed by atoms with Crippen LogP contribution >= 0.6 is 0 Å². The molecule has 0 amide bonds. The number of rotatable bonds is 3. The van der Waals surface area contributed by atoms with Crippen molar-refractivity contribution in [3.8, 4) is 0 Å². The molecule has 0 aliphatic carbocycles. The summed E-state index contributed by atoms with van der Waals surface area (Å²) < 4.78 is 0. The van der Waals surface area contributed by atoms with Crippen molar-refractivity contribution in [2.24, 2.45) is 0 Å². The summed E-state index contributed by atoms with van der Waals surface area (Å²) in [5, 5.41) is 13.2. The third-order valence-corrected chi connectivity index (χ3v) is 3.77. The number of hydrogen-bond acceptors (Lipinski definition) is 3. The van der Waals surface area contributed by atoms with Gasteiger partial charge in [0.05, 0.1) is 6.10 Å². The van der Waals surface area contributed by atoms with Crippen molar-refractivity contribution >= 4 is 0 Å². The second-order valence-electron chi connectivity index (χ2n) is 5.39. The van der Waals surface area contributed by atoms with Gasteiger partial charge in [0.15, 0.2) is 0 Å². The van der Waals surface area contributed by atoms with Crippen molar-refractivity contribution in [1.82, 2.24) is 10.2 Å². The van der Waals surface area contributed by atoms with Gasteiger partial charge in [0.25, 0.3) is 0 Å². The molecule has 0 spiro atoms. The Bertz CT molecular complexity index is 324. The van der Waals surface area contributed by atoms with E-state index in [1.165, 1.54) is 38.8 Å². The number of likely N-dealkylation sites (tertiary alicyclic amines) is 1. The molecule has 0 saturated carbocycles. The number of aliphatic hydroxyl groups is 1. The van der Waals surface area contributed by atoms with Crippen LogP contribution < -0.4 is 5.32 Å². The first kappa shape index (κ1) is 14.5. The highest BCUT2D eigenvalue weighted by molar-refractivity contribution is 5.17. The van der Waals surface area contributed by atoms with Gasteiger partial charge in [-0.25, -0.2) is 0 Å².